The first-order chi connectivity index (χ1) is 15.5. The molecular weight excluding hydrogens is 502 g/mol. The number of rotatable bonds is 2. The third-order valence-electron chi connectivity index (χ3n) is 5.64. The molecule has 0 fully saturated rings. The van der Waals surface area contributed by atoms with Gasteiger partial charge >= 0.3 is 0 Å². The van der Waals surface area contributed by atoms with E-state index in [-0.39, 0.29) is 17.1 Å². The second-order valence-corrected chi connectivity index (χ2v) is 10.7. The largest absolute Gasteiger partial charge is 0.398 e. The van der Waals surface area contributed by atoms with Crippen LogP contribution < -0.4 is 5.73 Å². The lowest BCUT2D eigenvalue weighted by Gasteiger charge is -2.04. The number of halogens is 1. The molecule has 3 aromatic carbocycles. The molecule has 1 aliphatic carbocycles. The van der Waals surface area contributed by atoms with Crippen molar-refractivity contribution < 1.29 is 9.59 Å². The smallest absolute Gasteiger partial charge is 0.197 e. The van der Waals surface area contributed by atoms with E-state index in [2.05, 4.69) is 40.2 Å². The molecule has 6 heteroatoms. The SMILES string of the molecule is Nc1cc2cc3c(cc2cc1Br)C(=O)/C(=C\c1cc2sc(-c4ccccc4)cc2s1)C3=O. The Labute approximate surface area is 199 Å². The van der Waals surface area contributed by atoms with Crippen LogP contribution in [0.2, 0.25) is 0 Å². The molecule has 2 heterocycles. The number of ketones is 2. The number of nitrogen functional groups attached to an aromatic ring is 1. The molecule has 154 valence electrons. The van der Waals surface area contributed by atoms with Crippen molar-refractivity contribution in [2.24, 2.45) is 0 Å². The minimum absolute atomic E-state index is 0.221. The summed E-state index contributed by atoms with van der Waals surface area (Å²) in [4.78, 5) is 28.3. The number of carbonyl (C=O) groups is 2. The normalized spacial score (nSPS) is 14.7. The van der Waals surface area contributed by atoms with Gasteiger partial charge in [-0.2, -0.15) is 0 Å². The first kappa shape index (κ1) is 19.6. The summed E-state index contributed by atoms with van der Waals surface area (Å²) in [6, 6.07) is 21.7. The highest BCUT2D eigenvalue weighted by Crippen LogP contribution is 2.40. The zero-order chi connectivity index (χ0) is 22.0. The molecule has 0 amide bonds. The Morgan fingerprint density at radius 3 is 2.12 bits per heavy atom. The van der Waals surface area contributed by atoms with Crippen LogP contribution in [0.25, 0.3) is 36.7 Å². The first-order valence-corrected chi connectivity index (χ1v) is 12.3. The van der Waals surface area contributed by atoms with Gasteiger partial charge in [0, 0.05) is 40.4 Å². The van der Waals surface area contributed by atoms with E-state index in [0.717, 1.165) is 29.5 Å². The van der Waals surface area contributed by atoms with Gasteiger partial charge in [0.25, 0.3) is 0 Å². The van der Waals surface area contributed by atoms with Crippen LogP contribution in [0.4, 0.5) is 5.69 Å². The van der Waals surface area contributed by atoms with E-state index in [4.69, 9.17) is 5.73 Å². The van der Waals surface area contributed by atoms with E-state index >= 15 is 0 Å². The third kappa shape index (κ3) is 3.06. The number of Topliss-reactive ketones (excluding diaryl/α,β-unsaturated/α-hetero) is 2. The molecule has 0 saturated carbocycles. The fourth-order valence-corrected chi connectivity index (χ4v) is 6.77. The van der Waals surface area contributed by atoms with Crippen molar-refractivity contribution in [3.63, 3.8) is 0 Å². The highest BCUT2D eigenvalue weighted by Gasteiger charge is 2.33. The molecule has 0 radical (unpaired) electrons. The van der Waals surface area contributed by atoms with E-state index in [1.54, 1.807) is 40.9 Å². The van der Waals surface area contributed by atoms with Gasteiger partial charge in [0.2, 0.25) is 0 Å². The van der Waals surface area contributed by atoms with Gasteiger partial charge in [0.15, 0.2) is 11.6 Å². The monoisotopic (exact) mass is 515 g/mol. The molecule has 2 aromatic heterocycles. The highest BCUT2D eigenvalue weighted by atomic mass is 79.9. The lowest BCUT2D eigenvalue weighted by atomic mass is 10.0. The molecular formula is C26H14BrNO2S2. The molecule has 0 unspecified atom stereocenters. The Balaban J connectivity index is 1.39. The Bertz CT molecular complexity index is 1530. The molecule has 3 nitrogen and oxygen atoms in total. The van der Waals surface area contributed by atoms with Crippen molar-refractivity contribution in [3.8, 4) is 10.4 Å². The summed E-state index contributed by atoms with van der Waals surface area (Å²) in [5, 5.41) is 1.72. The molecule has 6 rings (SSSR count). The predicted octanol–water partition coefficient (Wildman–Crippen LogP) is 7.59. The minimum Gasteiger partial charge on any atom is -0.398 e. The maximum absolute atomic E-state index is 13.1. The molecule has 0 bridgehead atoms. The zero-order valence-corrected chi connectivity index (χ0v) is 19.7. The maximum Gasteiger partial charge on any atom is 0.197 e. The molecule has 0 saturated heterocycles. The lowest BCUT2D eigenvalue weighted by Crippen LogP contribution is -1.99. The molecule has 5 aromatic rings. The second kappa shape index (κ2) is 7.24. The van der Waals surface area contributed by atoms with Crippen LogP contribution in [-0.2, 0) is 0 Å². The summed E-state index contributed by atoms with van der Waals surface area (Å²) in [5.74, 6) is -0.448. The summed E-state index contributed by atoms with van der Waals surface area (Å²) in [6.45, 7) is 0. The van der Waals surface area contributed by atoms with Gasteiger partial charge in [0.05, 0.1) is 5.57 Å². The molecule has 0 atom stereocenters. The fraction of sp³-hybridized carbons (Fsp3) is 0. The van der Waals surface area contributed by atoms with Gasteiger partial charge in [-0.05, 0) is 74.7 Å². The van der Waals surface area contributed by atoms with Crippen molar-refractivity contribution >= 4 is 82.1 Å². The summed E-state index contributed by atoms with van der Waals surface area (Å²) >= 11 is 6.74. The van der Waals surface area contributed by atoms with Gasteiger partial charge in [-0.15, -0.1) is 22.7 Å². The lowest BCUT2D eigenvalue weighted by molar-refractivity contribution is 0.0990. The van der Waals surface area contributed by atoms with Crippen LogP contribution in [0.5, 0.6) is 0 Å². The number of thiophene rings is 2. The van der Waals surface area contributed by atoms with Gasteiger partial charge in [-0.3, -0.25) is 9.59 Å². The summed E-state index contributed by atoms with van der Waals surface area (Å²) in [6.07, 6.45) is 1.74. The number of allylic oxidation sites excluding steroid dienone is 1. The standard InChI is InChI=1S/C26H14BrNO2S2/c27-20-8-14-6-17-18(7-15(14)9-21(20)28)26(30)19(25(17)29)10-16-11-23-24(31-16)12-22(32-23)13-4-2-1-3-5-13/h1-12H,28H2/b19-10+. The van der Waals surface area contributed by atoms with Gasteiger partial charge < -0.3 is 5.73 Å². The molecule has 1 aliphatic rings. The number of carbonyl (C=O) groups excluding carboxylic acids is 2. The highest BCUT2D eigenvalue weighted by molar-refractivity contribution is 9.10. The fourth-order valence-electron chi connectivity index (χ4n) is 4.05. The van der Waals surface area contributed by atoms with E-state index < -0.39 is 0 Å². The van der Waals surface area contributed by atoms with Gasteiger partial charge in [0.1, 0.15) is 0 Å². The molecule has 0 aliphatic heterocycles. The van der Waals surface area contributed by atoms with Crippen LogP contribution in [0.1, 0.15) is 25.6 Å². The maximum atomic E-state index is 13.1. The van der Waals surface area contributed by atoms with Crippen molar-refractivity contribution in [3.05, 3.63) is 92.8 Å². The van der Waals surface area contributed by atoms with Crippen molar-refractivity contribution in [1.82, 2.24) is 0 Å². The summed E-state index contributed by atoms with van der Waals surface area (Å²) in [5.41, 5.74) is 8.90. The number of benzene rings is 3. The van der Waals surface area contributed by atoms with Gasteiger partial charge in [-0.1, -0.05) is 30.3 Å². The quantitative estimate of drug-likeness (QED) is 0.149. The van der Waals surface area contributed by atoms with E-state index in [1.165, 1.54) is 10.4 Å². The number of anilines is 1. The molecule has 2 N–H and O–H groups in total. The van der Waals surface area contributed by atoms with Crippen LogP contribution in [0.15, 0.2) is 76.8 Å². The van der Waals surface area contributed by atoms with Crippen LogP contribution in [0, 0.1) is 0 Å². The van der Waals surface area contributed by atoms with Crippen LogP contribution in [0.3, 0.4) is 0 Å². The molecule has 0 spiro atoms. The van der Waals surface area contributed by atoms with E-state index in [0.29, 0.717) is 16.8 Å². The Hall–Kier alpha value is -3.06. The topological polar surface area (TPSA) is 60.2 Å². The van der Waals surface area contributed by atoms with Crippen molar-refractivity contribution in [1.29, 1.82) is 0 Å². The number of hydrogen-bond donors (Lipinski definition) is 1. The second-order valence-electron chi connectivity index (χ2n) is 7.69. The van der Waals surface area contributed by atoms with Crippen LogP contribution in [-0.4, -0.2) is 11.6 Å². The number of fused-ring (bicyclic) bond motifs is 3. The minimum atomic E-state index is -0.227. The third-order valence-corrected chi connectivity index (χ3v) is 8.62. The number of hydrogen-bond acceptors (Lipinski definition) is 5. The first-order valence-electron chi connectivity index (χ1n) is 9.90. The Morgan fingerprint density at radius 1 is 0.781 bits per heavy atom. The average Bonchev–Trinajstić information content (AvgIpc) is 3.42. The van der Waals surface area contributed by atoms with E-state index in [9.17, 15) is 9.59 Å². The zero-order valence-electron chi connectivity index (χ0n) is 16.5. The Kier molecular flexibility index (Phi) is 4.43. The average molecular weight is 516 g/mol. The summed E-state index contributed by atoms with van der Waals surface area (Å²) in [7, 11) is 0. The Morgan fingerprint density at radius 2 is 1.44 bits per heavy atom. The van der Waals surface area contributed by atoms with Crippen molar-refractivity contribution in [2.75, 3.05) is 5.73 Å². The summed E-state index contributed by atoms with van der Waals surface area (Å²) < 4.78 is 3.08. The van der Waals surface area contributed by atoms with Gasteiger partial charge in [-0.25, -0.2) is 0 Å². The van der Waals surface area contributed by atoms with Crippen LogP contribution >= 0.6 is 38.6 Å². The van der Waals surface area contributed by atoms with Crippen molar-refractivity contribution in [2.45, 2.75) is 0 Å². The molecule has 32 heavy (non-hydrogen) atoms. The predicted molar refractivity (Wildman–Crippen MR) is 138 cm³/mol. The number of nitrogens with two attached hydrogens (primary N) is 1. The van der Waals surface area contributed by atoms with E-state index in [1.807, 2.05) is 30.3 Å².